The molecule has 2 aromatic rings. The van der Waals surface area contributed by atoms with Crippen LogP contribution in [0.15, 0.2) is 12.1 Å². The first-order valence-corrected chi connectivity index (χ1v) is 6.82. The Kier molecular flexibility index (Phi) is 4.19. The van der Waals surface area contributed by atoms with Crippen molar-refractivity contribution >= 4 is 19.2 Å². The molecule has 1 unspecified atom stereocenters. The van der Waals surface area contributed by atoms with Gasteiger partial charge in [-0.3, -0.25) is 0 Å². The van der Waals surface area contributed by atoms with E-state index in [9.17, 15) is 27.1 Å². The van der Waals surface area contributed by atoms with Gasteiger partial charge in [0, 0.05) is 5.30 Å². The lowest BCUT2D eigenvalue weighted by Crippen LogP contribution is -2.19. The Labute approximate surface area is 119 Å². The summed E-state index contributed by atoms with van der Waals surface area (Å²) in [4.78, 5) is 0. The molecule has 1 atom stereocenters. The van der Waals surface area contributed by atoms with Crippen molar-refractivity contribution in [3.8, 4) is 5.75 Å². The third-order valence-electron chi connectivity index (χ3n) is 2.91. The maximum atomic E-state index is 13.6. The van der Waals surface area contributed by atoms with E-state index in [1.807, 2.05) is 0 Å². The van der Waals surface area contributed by atoms with Crippen LogP contribution in [0.4, 0.5) is 22.0 Å². The van der Waals surface area contributed by atoms with E-state index in [1.165, 1.54) is 6.07 Å². The highest BCUT2D eigenvalue weighted by Gasteiger charge is 2.26. The van der Waals surface area contributed by atoms with Crippen molar-refractivity contribution in [1.82, 2.24) is 0 Å². The number of rotatable bonds is 2. The predicted molar refractivity (Wildman–Crippen MR) is 71.4 cm³/mol. The van der Waals surface area contributed by atoms with Gasteiger partial charge in [-0.05, 0) is 39.6 Å². The molecule has 7 heteroatoms. The van der Waals surface area contributed by atoms with E-state index in [-0.39, 0.29) is 11.1 Å². The van der Waals surface area contributed by atoms with Crippen molar-refractivity contribution in [2.75, 3.05) is 0 Å². The smallest absolute Gasteiger partial charge is 0.200 e. The molecule has 0 aliphatic rings. The quantitative estimate of drug-likeness (QED) is 0.389. The maximum absolute atomic E-state index is 13.6. The molecule has 0 amide bonds. The Bertz CT molecular complexity index is 701. The van der Waals surface area contributed by atoms with Crippen LogP contribution in [0.1, 0.15) is 11.1 Å². The molecule has 0 aliphatic heterocycles. The average molecular weight is 320 g/mol. The van der Waals surface area contributed by atoms with Gasteiger partial charge in [-0.25, -0.2) is 22.0 Å². The van der Waals surface area contributed by atoms with Crippen molar-refractivity contribution in [2.45, 2.75) is 13.8 Å². The Balaban J connectivity index is 2.60. The summed E-state index contributed by atoms with van der Waals surface area (Å²) in [5, 5.41) is 9.04. The van der Waals surface area contributed by atoms with Crippen LogP contribution in [0.5, 0.6) is 5.75 Å². The van der Waals surface area contributed by atoms with Crippen LogP contribution in [0.25, 0.3) is 0 Å². The number of aromatic hydroxyl groups is 1. The minimum atomic E-state index is -2.19. The van der Waals surface area contributed by atoms with Gasteiger partial charge in [0.1, 0.15) is 5.75 Å². The Morgan fingerprint density at radius 2 is 1.29 bits per heavy atom. The fourth-order valence-electron chi connectivity index (χ4n) is 1.90. The molecule has 0 aliphatic carbocycles. The lowest BCUT2D eigenvalue weighted by molar-refractivity contribution is 0.384. The highest BCUT2D eigenvalue weighted by molar-refractivity contribution is 7.55. The summed E-state index contributed by atoms with van der Waals surface area (Å²) in [7, 11) is -0.891. The molecule has 1 nitrogen and oxygen atoms in total. The fraction of sp³-hybridized carbons (Fsp3) is 0.143. The largest absolute Gasteiger partial charge is 0.507 e. The monoisotopic (exact) mass is 320 g/mol. The van der Waals surface area contributed by atoms with Gasteiger partial charge in [0.05, 0.1) is 5.30 Å². The molecular formula is C14H10F5OP. The molecule has 112 valence electrons. The van der Waals surface area contributed by atoms with Crippen molar-refractivity contribution in [3.05, 3.63) is 52.3 Å². The minimum Gasteiger partial charge on any atom is -0.507 e. The van der Waals surface area contributed by atoms with Crippen LogP contribution >= 0.6 is 8.58 Å². The first-order chi connectivity index (χ1) is 9.73. The van der Waals surface area contributed by atoms with Gasteiger partial charge in [0.2, 0.25) is 5.82 Å². The number of phenolic OH excluding ortho intramolecular Hbond substituents is 1. The number of benzene rings is 2. The van der Waals surface area contributed by atoms with E-state index in [1.54, 1.807) is 19.9 Å². The molecule has 0 spiro atoms. The molecule has 0 saturated heterocycles. The van der Waals surface area contributed by atoms with Gasteiger partial charge >= 0.3 is 0 Å². The van der Waals surface area contributed by atoms with Gasteiger partial charge in [0.25, 0.3) is 0 Å². The molecule has 0 heterocycles. The average Bonchev–Trinajstić information content (AvgIpc) is 2.44. The first-order valence-electron chi connectivity index (χ1n) is 5.82. The second-order valence-electron chi connectivity index (χ2n) is 4.55. The van der Waals surface area contributed by atoms with Crippen LogP contribution < -0.4 is 10.6 Å². The lowest BCUT2D eigenvalue weighted by atomic mass is 10.1. The number of hydrogen-bond acceptors (Lipinski definition) is 1. The molecular weight excluding hydrogens is 310 g/mol. The highest BCUT2D eigenvalue weighted by atomic mass is 31.1. The molecule has 21 heavy (non-hydrogen) atoms. The van der Waals surface area contributed by atoms with Crippen molar-refractivity contribution in [1.29, 1.82) is 0 Å². The normalized spacial score (nSPS) is 11.6. The third kappa shape index (κ3) is 2.72. The van der Waals surface area contributed by atoms with Crippen LogP contribution in [-0.2, 0) is 0 Å². The minimum absolute atomic E-state index is 0.121. The molecule has 1 N–H and O–H groups in total. The topological polar surface area (TPSA) is 20.2 Å². The standard InChI is InChI=1S/C14H10F5OP/c1-5-3-6(2)13(20)7(4-5)21-14-11(18)9(16)8(15)10(17)12(14)19/h3-4,20-21H,1-2H3. The molecule has 2 aromatic carbocycles. The summed E-state index contributed by atoms with van der Waals surface area (Å²) >= 11 is 0. The summed E-state index contributed by atoms with van der Waals surface area (Å²) < 4.78 is 66.5. The lowest BCUT2D eigenvalue weighted by Gasteiger charge is -2.11. The fourth-order valence-corrected chi connectivity index (χ4v) is 3.23. The summed E-state index contributed by atoms with van der Waals surface area (Å²) in [5.41, 5.74) is 1.16. The predicted octanol–water partition coefficient (Wildman–Crippen LogP) is 3.33. The molecule has 0 saturated carbocycles. The van der Waals surface area contributed by atoms with E-state index >= 15 is 0 Å². The van der Waals surface area contributed by atoms with E-state index < -0.39 is 43.0 Å². The number of aryl methyl sites for hydroxylation is 2. The van der Waals surface area contributed by atoms with Gasteiger partial charge < -0.3 is 5.11 Å². The summed E-state index contributed by atoms with van der Waals surface area (Å²) in [6.07, 6.45) is 0. The zero-order valence-corrected chi connectivity index (χ0v) is 12.0. The van der Waals surface area contributed by atoms with Crippen LogP contribution in [0, 0.1) is 42.9 Å². The van der Waals surface area contributed by atoms with Crippen molar-refractivity contribution in [2.24, 2.45) is 0 Å². The molecule has 0 aromatic heterocycles. The summed E-state index contributed by atoms with van der Waals surface area (Å²) in [6.45, 7) is 3.27. The van der Waals surface area contributed by atoms with E-state index in [0.717, 1.165) is 0 Å². The van der Waals surface area contributed by atoms with Gasteiger partial charge in [-0.15, -0.1) is 0 Å². The van der Waals surface area contributed by atoms with Gasteiger partial charge in [-0.1, -0.05) is 6.07 Å². The van der Waals surface area contributed by atoms with Gasteiger partial charge in [-0.2, -0.15) is 0 Å². The van der Waals surface area contributed by atoms with Crippen LogP contribution in [0.2, 0.25) is 0 Å². The van der Waals surface area contributed by atoms with Crippen LogP contribution in [-0.4, -0.2) is 5.11 Å². The second kappa shape index (κ2) is 5.60. The Hall–Kier alpha value is -1.68. The molecule has 0 radical (unpaired) electrons. The summed E-state index contributed by atoms with van der Waals surface area (Å²) in [6, 6.07) is 3.08. The number of halogens is 5. The first kappa shape index (κ1) is 15.7. The molecule has 2 rings (SSSR count). The zero-order valence-electron chi connectivity index (χ0n) is 11.0. The zero-order chi connectivity index (χ0) is 15.9. The molecule has 0 fully saturated rings. The second-order valence-corrected chi connectivity index (χ2v) is 5.84. The highest BCUT2D eigenvalue weighted by Crippen LogP contribution is 2.27. The van der Waals surface area contributed by atoms with Crippen molar-refractivity contribution in [3.63, 3.8) is 0 Å². The SMILES string of the molecule is Cc1cc(C)c(O)c(Pc2c(F)c(F)c(F)c(F)c2F)c1. The summed E-state index contributed by atoms with van der Waals surface area (Å²) in [5.74, 6) is -10.1. The Morgan fingerprint density at radius 3 is 1.81 bits per heavy atom. The number of phenols is 1. The van der Waals surface area contributed by atoms with E-state index in [2.05, 4.69) is 0 Å². The van der Waals surface area contributed by atoms with Crippen molar-refractivity contribution < 1.29 is 27.1 Å². The van der Waals surface area contributed by atoms with Gasteiger partial charge in [0.15, 0.2) is 23.3 Å². The Morgan fingerprint density at radius 1 is 0.810 bits per heavy atom. The van der Waals surface area contributed by atoms with Crippen LogP contribution in [0.3, 0.4) is 0 Å². The molecule has 0 bridgehead atoms. The van der Waals surface area contributed by atoms with E-state index in [0.29, 0.717) is 11.1 Å². The third-order valence-corrected chi connectivity index (χ3v) is 4.25. The maximum Gasteiger partial charge on any atom is 0.200 e. The number of hydrogen-bond donors (Lipinski definition) is 1. The van der Waals surface area contributed by atoms with E-state index in [4.69, 9.17) is 0 Å².